The van der Waals surface area contributed by atoms with Crippen LogP contribution >= 0.6 is 0 Å². The fourth-order valence-electron chi connectivity index (χ4n) is 2.70. The van der Waals surface area contributed by atoms with Gasteiger partial charge in [-0.2, -0.15) is 0 Å². The molecule has 0 aliphatic heterocycles. The molecule has 4 heteroatoms. The molecule has 0 unspecified atom stereocenters. The molecule has 0 saturated heterocycles. The van der Waals surface area contributed by atoms with Gasteiger partial charge in [-0.15, -0.1) is 0 Å². The van der Waals surface area contributed by atoms with E-state index in [0.717, 1.165) is 37.1 Å². The van der Waals surface area contributed by atoms with Gasteiger partial charge in [0.25, 0.3) is 0 Å². The maximum absolute atomic E-state index is 5.95. The van der Waals surface area contributed by atoms with Gasteiger partial charge < -0.3 is 20.7 Å². The number of anilines is 1. The summed E-state index contributed by atoms with van der Waals surface area (Å²) in [6.45, 7) is 2.69. The van der Waals surface area contributed by atoms with Crippen molar-refractivity contribution in [1.29, 1.82) is 0 Å². The zero-order valence-electron chi connectivity index (χ0n) is 13.3. The van der Waals surface area contributed by atoms with E-state index in [0.29, 0.717) is 6.04 Å². The highest BCUT2D eigenvalue weighted by Crippen LogP contribution is 2.24. The first-order chi connectivity index (χ1) is 10.1. The maximum atomic E-state index is 5.95. The second-order valence-corrected chi connectivity index (χ2v) is 6.34. The van der Waals surface area contributed by atoms with Gasteiger partial charge >= 0.3 is 0 Å². The lowest BCUT2D eigenvalue weighted by Crippen LogP contribution is -2.29. The van der Waals surface area contributed by atoms with E-state index in [1.165, 1.54) is 25.7 Å². The Labute approximate surface area is 128 Å². The van der Waals surface area contributed by atoms with Crippen LogP contribution in [0.5, 0.6) is 5.75 Å². The quantitative estimate of drug-likeness (QED) is 0.810. The predicted octanol–water partition coefficient (Wildman–Crippen LogP) is 2.56. The molecule has 0 bridgehead atoms. The van der Waals surface area contributed by atoms with E-state index < -0.39 is 0 Å². The van der Waals surface area contributed by atoms with E-state index in [1.807, 2.05) is 12.1 Å². The third-order valence-corrected chi connectivity index (χ3v) is 4.13. The molecule has 1 saturated carbocycles. The Kier molecular flexibility index (Phi) is 6.33. The van der Waals surface area contributed by atoms with Crippen LogP contribution in [-0.2, 0) is 0 Å². The molecule has 1 aromatic rings. The topological polar surface area (TPSA) is 50.5 Å². The number of hydrogen-bond acceptors (Lipinski definition) is 4. The summed E-state index contributed by atoms with van der Waals surface area (Å²) in [6, 6.07) is 8.68. The van der Waals surface area contributed by atoms with Crippen LogP contribution in [-0.4, -0.2) is 44.7 Å². The fraction of sp³-hybridized carbons (Fsp3) is 0.647. The zero-order valence-corrected chi connectivity index (χ0v) is 13.3. The molecule has 118 valence electrons. The third-order valence-electron chi connectivity index (χ3n) is 4.13. The number of ether oxygens (including phenoxy) is 1. The van der Waals surface area contributed by atoms with E-state index in [4.69, 9.17) is 10.5 Å². The standard InChI is InChI=1S/C17H29N3O/c1-20(2)10-11-21-17-5-3-4-16(12-17)19-13-14-6-8-15(18)9-7-14/h3-5,12,14-15,19H,6-11,13,18H2,1-2H3. The average Bonchev–Trinajstić information content (AvgIpc) is 2.47. The number of nitrogens with zero attached hydrogens (tertiary/aromatic N) is 1. The fourth-order valence-corrected chi connectivity index (χ4v) is 2.70. The monoisotopic (exact) mass is 291 g/mol. The summed E-state index contributed by atoms with van der Waals surface area (Å²) >= 11 is 0. The number of rotatable bonds is 7. The van der Waals surface area contributed by atoms with Gasteiger partial charge in [0, 0.05) is 30.9 Å². The van der Waals surface area contributed by atoms with Crippen molar-refractivity contribution < 1.29 is 4.74 Å². The molecule has 3 N–H and O–H groups in total. The Hall–Kier alpha value is -1.26. The van der Waals surface area contributed by atoms with Crippen LogP contribution in [0.15, 0.2) is 24.3 Å². The summed E-state index contributed by atoms with van der Waals surface area (Å²) in [7, 11) is 4.11. The van der Waals surface area contributed by atoms with Crippen molar-refractivity contribution in [2.45, 2.75) is 31.7 Å². The average molecular weight is 291 g/mol. The van der Waals surface area contributed by atoms with E-state index in [9.17, 15) is 0 Å². The summed E-state index contributed by atoms with van der Waals surface area (Å²) < 4.78 is 5.77. The first kappa shape index (κ1) is 16.1. The molecule has 0 heterocycles. The van der Waals surface area contributed by atoms with Crippen molar-refractivity contribution in [3.63, 3.8) is 0 Å². The molecule has 1 aromatic carbocycles. The van der Waals surface area contributed by atoms with Crippen LogP contribution in [0.25, 0.3) is 0 Å². The van der Waals surface area contributed by atoms with Crippen LogP contribution in [0, 0.1) is 5.92 Å². The molecule has 0 amide bonds. The molecule has 4 nitrogen and oxygen atoms in total. The molecule has 1 fully saturated rings. The molecule has 0 radical (unpaired) electrons. The van der Waals surface area contributed by atoms with Gasteiger partial charge in [0.05, 0.1) is 0 Å². The molecule has 2 rings (SSSR count). The maximum Gasteiger partial charge on any atom is 0.121 e. The van der Waals surface area contributed by atoms with Crippen molar-refractivity contribution in [1.82, 2.24) is 4.90 Å². The van der Waals surface area contributed by atoms with Crippen molar-refractivity contribution >= 4 is 5.69 Å². The summed E-state index contributed by atoms with van der Waals surface area (Å²) in [5.74, 6) is 1.69. The van der Waals surface area contributed by atoms with Gasteiger partial charge in [0.2, 0.25) is 0 Å². The summed E-state index contributed by atoms with van der Waals surface area (Å²) in [5, 5.41) is 3.54. The van der Waals surface area contributed by atoms with E-state index in [2.05, 4.69) is 36.4 Å². The lowest BCUT2D eigenvalue weighted by atomic mass is 9.86. The normalized spacial score (nSPS) is 22.3. The van der Waals surface area contributed by atoms with Crippen molar-refractivity contribution in [2.75, 3.05) is 39.1 Å². The second kappa shape index (κ2) is 8.25. The first-order valence-electron chi connectivity index (χ1n) is 8.00. The van der Waals surface area contributed by atoms with Gasteiger partial charge in [-0.05, 0) is 57.8 Å². The van der Waals surface area contributed by atoms with Crippen molar-refractivity contribution in [3.8, 4) is 5.75 Å². The van der Waals surface area contributed by atoms with Gasteiger partial charge in [-0.25, -0.2) is 0 Å². The smallest absolute Gasteiger partial charge is 0.121 e. The predicted molar refractivity (Wildman–Crippen MR) is 88.9 cm³/mol. The second-order valence-electron chi connectivity index (χ2n) is 6.34. The number of nitrogens with one attached hydrogen (secondary N) is 1. The Morgan fingerprint density at radius 3 is 2.71 bits per heavy atom. The van der Waals surface area contributed by atoms with Gasteiger partial charge in [0.1, 0.15) is 12.4 Å². The Balaban J connectivity index is 1.75. The summed E-state index contributed by atoms with van der Waals surface area (Å²) in [5.41, 5.74) is 7.10. The molecule has 0 aromatic heterocycles. The molecule has 0 atom stereocenters. The largest absolute Gasteiger partial charge is 0.492 e. The lowest BCUT2D eigenvalue weighted by Gasteiger charge is -2.26. The zero-order chi connectivity index (χ0) is 15.1. The molecule has 0 spiro atoms. The molecular formula is C17H29N3O. The van der Waals surface area contributed by atoms with Gasteiger partial charge in [0.15, 0.2) is 0 Å². The SMILES string of the molecule is CN(C)CCOc1cccc(NCC2CCC(N)CC2)c1. The Morgan fingerprint density at radius 2 is 2.00 bits per heavy atom. The highest BCUT2D eigenvalue weighted by atomic mass is 16.5. The number of likely N-dealkylation sites (N-methyl/N-ethyl adjacent to an activating group) is 1. The minimum absolute atomic E-state index is 0.426. The molecular weight excluding hydrogens is 262 g/mol. The highest BCUT2D eigenvalue weighted by molar-refractivity contribution is 5.48. The minimum Gasteiger partial charge on any atom is -0.492 e. The minimum atomic E-state index is 0.426. The van der Waals surface area contributed by atoms with Crippen LogP contribution < -0.4 is 15.8 Å². The van der Waals surface area contributed by atoms with Crippen LogP contribution in [0.4, 0.5) is 5.69 Å². The van der Waals surface area contributed by atoms with Crippen LogP contribution in [0.3, 0.4) is 0 Å². The van der Waals surface area contributed by atoms with Crippen molar-refractivity contribution in [3.05, 3.63) is 24.3 Å². The van der Waals surface area contributed by atoms with Crippen molar-refractivity contribution in [2.24, 2.45) is 11.7 Å². The van der Waals surface area contributed by atoms with E-state index in [1.54, 1.807) is 0 Å². The van der Waals surface area contributed by atoms with E-state index >= 15 is 0 Å². The van der Waals surface area contributed by atoms with Crippen LogP contribution in [0.1, 0.15) is 25.7 Å². The Morgan fingerprint density at radius 1 is 1.24 bits per heavy atom. The first-order valence-corrected chi connectivity index (χ1v) is 8.00. The number of nitrogens with two attached hydrogens (primary N) is 1. The van der Waals surface area contributed by atoms with Crippen LogP contribution in [0.2, 0.25) is 0 Å². The molecule has 1 aliphatic carbocycles. The summed E-state index contributed by atoms with van der Waals surface area (Å²) in [4.78, 5) is 2.12. The molecule has 1 aliphatic rings. The molecule has 21 heavy (non-hydrogen) atoms. The Bertz CT molecular complexity index is 414. The highest BCUT2D eigenvalue weighted by Gasteiger charge is 2.18. The van der Waals surface area contributed by atoms with E-state index in [-0.39, 0.29) is 0 Å². The lowest BCUT2D eigenvalue weighted by molar-refractivity contribution is 0.261. The van der Waals surface area contributed by atoms with Gasteiger partial charge in [-0.1, -0.05) is 6.07 Å². The summed E-state index contributed by atoms with van der Waals surface area (Å²) in [6.07, 6.45) is 4.82. The third kappa shape index (κ3) is 5.94. The van der Waals surface area contributed by atoms with Gasteiger partial charge in [-0.3, -0.25) is 0 Å². The number of benzene rings is 1. The number of hydrogen-bond donors (Lipinski definition) is 2.